The van der Waals surface area contributed by atoms with Crippen LogP contribution in [-0.2, 0) is 10.0 Å². The summed E-state index contributed by atoms with van der Waals surface area (Å²) in [6.45, 7) is 9.77. The van der Waals surface area contributed by atoms with Crippen molar-refractivity contribution in [2.45, 2.75) is 45.8 Å². The average Bonchev–Trinajstić information content (AvgIpc) is 2.13. The van der Waals surface area contributed by atoms with Crippen molar-refractivity contribution in [3.63, 3.8) is 0 Å². The van der Waals surface area contributed by atoms with Gasteiger partial charge in [0.05, 0.1) is 0 Å². The quantitative estimate of drug-likeness (QED) is 0.826. The van der Waals surface area contributed by atoms with E-state index in [0.717, 1.165) is 12.0 Å². The summed E-state index contributed by atoms with van der Waals surface area (Å²) in [6.07, 6.45) is 6.43. The van der Waals surface area contributed by atoms with E-state index in [0.29, 0.717) is 0 Å². The normalized spacial score (nSPS) is 30.2. The third-order valence-electron chi connectivity index (χ3n) is 3.69. The SMILES string of the molecule is CCC1C=C(C)C=CC1(C(C)(C)C)S(N)(=O)=O. The lowest BCUT2D eigenvalue weighted by Gasteiger charge is -2.46. The molecule has 98 valence electrons. The van der Waals surface area contributed by atoms with Crippen molar-refractivity contribution in [1.29, 1.82) is 0 Å². The minimum atomic E-state index is -3.66. The Morgan fingerprint density at radius 2 is 1.94 bits per heavy atom. The molecule has 1 aliphatic rings. The number of rotatable bonds is 2. The zero-order valence-corrected chi connectivity index (χ0v) is 12.1. The predicted molar refractivity (Wildman–Crippen MR) is 72.0 cm³/mol. The number of hydrogen-bond acceptors (Lipinski definition) is 2. The van der Waals surface area contributed by atoms with Crippen molar-refractivity contribution >= 4 is 10.0 Å². The Morgan fingerprint density at radius 3 is 2.29 bits per heavy atom. The van der Waals surface area contributed by atoms with E-state index in [2.05, 4.69) is 0 Å². The zero-order chi connectivity index (χ0) is 13.5. The summed E-state index contributed by atoms with van der Waals surface area (Å²) in [5.74, 6) is -0.0671. The van der Waals surface area contributed by atoms with Gasteiger partial charge in [-0.1, -0.05) is 51.5 Å². The van der Waals surface area contributed by atoms with Gasteiger partial charge in [-0.25, -0.2) is 13.6 Å². The molecule has 17 heavy (non-hydrogen) atoms. The van der Waals surface area contributed by atoms with E-state index in [9.17, 15) is 8.42 Å². The van der Waals surface area contributed by atoms with Crippen LogP contribution in [0.4, 0.5) is 0 Å². The molecule has 1 aliphatic carbocycles. The average molecular weight is 257 g/mol. The number of allylic oxidation sites excluding steroid dienone is 3. The van der Waals surface area contributed by atoms with E-state index in [4.69, 9.17) is 5.14 Å². The summed E-state index contributed by atoms with van der Waals surface area (Å²) in [7, 11) is -3.66. The Bertz CT molecular complexity index is 454. The van der Waals surface area contributed by atoms with E-state index in [-0.39, 0.29) is 5.92 Å². The fraction of sp³-hybridized carbons (Fsp3) is 0.692. The molecule has 0 aromatic carbocycles. The fourth-order valence-electron chi connectivity index (χ4n) is 2.84. The lowest BCUT2D eigenvalue weighted by atomic mass is 9.68. The minimum absolute atomic E-state index is 0.0671. The largest absolute Gasteiger partial charge is 0.228 e. The van der Waals surface area contributed by atoms with Gasteiger partial charge in [0.1, 0.15) is 4.75 Å². The maximum absolute atomic E-state index is 12.1. The zero-order valence-electron chi connectivity index (χ0n) is 11.3. The number of hydrogen-bond donors (Lipinski definition) is 1. The van der Waals surface area contributed by atoms with Gasteiger partial charge in [0.25, 0.3) is 0 Å². The van der Waals surface area contributed by atoms with Crippen molar-refractivity contribution in [1.82, 2.24) is 0 Å². The van der Waals surface area contributed by atoms with Gasteiger partial charge in [-0.15, -0.1) is 0 Å². The number of sulfonamides is 1. The summed E-state index contributed by atoms with van der Waals surface area (Å²) in [6, 6.07) is 0. The first-order chi connectivity index (χ1) is 7.56. The Morgan fingerprint density at radius 1 is 1.41 bits per heavy atom. The first kappa shape index (κ1) is 14.5. The molecule has 0 bridgehead atoms. The Kier molecular flexibility index (Phi) is 3.61. The Hall–Kier alpha value is -0.610. The second-order valence-corrected chi connectivity index (χ2v) is 7.61. The molecule has 4 heteroatoms. The van der Waals surface area contributed by atoms with E-state index in [1.807, 2.05) is 46.8 Å². The summed E-state index contributed by atoms with van der Waals surface area (Å²) >= 11 is 0. The van der Waals surface area contributed by atoms with Crippen LogP contribution in [0.1, 0.15) is 41.0 Å². The van der Waals surface area contributed by atoms with Crippen LogP contribution >= 0.6 is 0 Å². The number of nitrogens with two attached hydrogens (primary N) is 1. The molecule has 1 rings (SSSR count). The first-order valence-electron chi connectivity index (χ1n) is 5.96. The molecule has 2 N–H and O–H groups in total. The van der Waals surface area contributed by atoms with E-state index in [1.165, 1.54) is 0 Å². The van der Waals surface area contributed by atoms with Gasteiger partial charge < -0.3 is 0 Å². The lowest BCUT2D eigenvalue weighted by molar-refractivity contribution is 0.250. The van der Waals surface area contributed by atoms with Crippen molar-refractivity contribution in [3.05, 3.63) is 23.8 Å². The molecule has 0 fully saturated rings. The molecule has 0 aliphatic heterocycles. The van der Waals surface area contributed by atoms with Gasteiger partial charge in [0, 0.05) is 5.92 Å². The summed E-state index contributed by atoms with van der Waals surface area (Å²) < 4.78 is 23.3. The lowest BCUT2D eigenvalue weighted by Crippen LogP contribution is -2.56. The molecule has 0 aromatic rings. The molecule has 0 radical (unpaired) electrons. The van der Waals surface area contributed by atoms with Gasteiger partial charge >= 0.3 is 0 Å². The highest BCUT2D eigenvalue weighted by Crippen LogP contribution is 2.47. The topological polar surface area (TPSA) is 60.2 Å². The molecule has 3 nitrogen and oxygen atoms in total. The predicted octanol–water partition coefficient (Wildman–Crippen LogP) is 2.60. The maximum Gasteiger partial charge on any atom is 0.219 e. The highest BCUT2D eigenvalue weighted by Gasteiger charge is 2.54. The molecular weight excluding hydrogens is 234 g/mol. The fourth-order valence-corrected chi connectivity index (χ4v) is 4.60. The minimum Gasteiger partial charge on any atom is -0.228 e. The smallest absolute Gasteiger partial charge is 0.219 e. The van der Waals surface area contributed by atoms with Crippen LogP contribution in [0.3, 0.4) is 0 Å². The van der Waals surface area contributed by atoms with Crippen molar-refractivity contribution in [2.75, 3.05) is 0 Å². The van der Waals surface area contributed by atoms with Gasteiger partial charge in [-0.05, 0) is 18.8 Å². The molecule has 0 spiro atoms. The highest BCUT2D eigenvalue weighted by molar-refractivity contribution is 7.90. The van der Waals surface area contributed by atoms with Crippen LogP contribution < -0.4 is 5.14 Å². The molecular formula is C13H23NO2S. The van der Waals surface area contributed by atoms with Crippen LogP contribution in [0, 0.1) is 11.3 Å². The van der Waals surface area contributed by atoms with E-state index >= 15 is 0 Å². The van der Waals surface area contributed by atoms with E-state index in [1.54, 1.807) is 6.08 Å². The highest BCUT2D eigenvalue weighted by atomic mass is 32.2. The summed E-state index contributed by atoms with van der Waals surface area (Å²) in [5.41, 5.74) is 0.662. The Labute approximate surface area is 105 Å². The summed E-state index contributed by atoms with van der Waals surface area (Å²) in [4.78, 5) is 0. The molecule has 0 amide bonds. The van der Waals surface area contributed by atoms with Crippen molar-refractivity contribution < 1.29 is 8.42 Å². The first-order valence-corrected chi connectivity index (χ1v) is 7.51. The Balaban J connectivity index is 3.52. The van der Waals surface area contributed by atoms with Gasteiger partial charge in [-0.2, -0.15) is 0 Å². The van der Waals surface area contributed by atoms with E-state index < -0.39 is 20.2 Å². The second kappa shape index (κ2) is 4.25. The molecule has 0 saturated carbocycles. The van der Waals surface area contributed by atoms with Crippen molar-refractivity contribution in [2.24, 2.45) is 16.5 Å². The van der Waals surface area contributed by atoms with Gasteiger partial charge in [0.15, 0.2) is 0 Å². The molecule has 2 unspecified atom stereocenters. The van der Waals surface area contributed by atoms with Crippen molar-refractivity contribution in [3.8, 4) is 0 Å². The van der Waals surface area contributed by atoms with Crippen LogP contribution in [0.15, 0.2) is 23.8 Å². The third-order valence-corrected chi connectivity index (χ3v) is 5.68. The monoisotopic (exact) mass is 257 g/mol. The van der Waals surface area contributed by atoms with Crippen LogP contribution in [0.2, 0.25) is 0 Å². The van der Waals surface area contributed by atoms with Crippen LogP contribution in [0.25, 0.3) is 0 Å². The molecule has 2 atom stereocenters. The maximum atomic E-state index is 12.1. The summed E-state index contributed by atoms with van der Waals surface area (Å²) in [5, 5.41) is 5.53. The molecule has 0 saturated heterocycles. The van der Waals surface area contributed by atoms with Crippen LogP contribution in [0.5, 0.6) is 0 Å². The van der Waals surface area contributed by atoms with Gasteiger partial charge in [-0.3, -0.25) is 0 Å². The second-order valence-electron chi connectivity index (χ2n) is 5.85. The van der Waals surface area contributed by atoms with Crippen LogP contribution in [-0.4, -0.2) is 13.2 Å². The van der Waals surface area contributed by atoms with Gasteiger partial charge in [0.2, 0.25) is 10.0 Å². The standard InChI is InChI=1S/C13H23NO2S/c1-6-11-9-10(2)7-8-13(11,12(3,4)5)17(14,15)16/h7-9,11H,6H2,1-5H3,(H2,14,15,16). The number of primary sulfonamides is 1. The molecule has 0 heterocycles. The molecule has 0 aromatic heterocycles. The third kappa shape index (κ3) is 2.20.